The minimum atomic E-state index is -4.36. The topological polar surface area (TPSA) is 45.2 Å². The van der Waals surface area contributed by atoms with E-state index in [2.05, 4.69) is 10.3 Å². The van der Waals surface area contributed by atoms with Crippen LogP contribution >= 0.6 is 11.3 Å². The van der Waals surface area contributed by atoms with Crippen LogP contribution in [0, 0.1) is 0 Å². The highest BCUT2D eigenvalue weighted by molar-refractivity contribution is 7.21. The number of phenols is 1. The van der Waals surface area contributed by atoms with Gasteiger partial charge < -0.3 is 10.4 Å². The molecule has 1 heterocycles. The van der Waals surface area contributed by atoms with E-state index in [-0.39, 0.29) is 12.3 Å². The summed E-state index contributed by atoms with van der Waals surface area (Å²) in [6.07, 6.45) is -4.36. The van der Waals surface area contributed by atoms with E-state index in [0.29, 0.717) is 17.7 Å². The van der Waals surface area contributed by atoms with Crippen LogP contribution < -0.4 is 5.32 Å². The molecule has 0 unspecified atom stereocenters. The molecule has 0 bridgehead atoms. The fourth-order valence-electron chi connectivity index (χ4n) is 3.05. The van der Waals surface area contributed by atoms with E-state index in [4.69, 9.17) is 0 Å². The van der Waals surface area contributed by atoms with Crippen molar-refractivity contribution in [1.82, 2.24) is 10.3 Å². The fraction of sp³-hybridized carbons (Fsp3) is 0.136. The molecule has 0 atom stereocenters. The molecule has 29 heavy (non-hydrogen) atoms. The third-order valence-electron chi connectivity index (χ3n) is 4.52. The van der Waals surface area contributed by atoms with Crippen LogP contribution in [0.3, 0.4) is 0 Å². The molecule has 0 aliphatic carbocycles. The van der Waals surface area contributed by atoms with E-state index in [0.717, 1.165) is 32.9 Å². The Bertz CT molecular complexity index is 1120. The maximum Gasteiger partial charge on any atom is 0.416 e. The van der Waals surface area contributed by atoms with E-state index in [1.54, 1.807) is 23.5 Å². The normalized spacial score (nSPS) is 11.8. The lowest BCUT2D eigenvalue weighted by atomic mass is 10.1. The number of aromatic nitrogens is 1. The Morgan fingerprint density at radius 1 is 0.931 bits per heavy atom. The lowest BCUT2D eigenvalue weighted by molar-refractivity contribution is -0.137. The molecule has 4 rings (SSSR count). The number of para-hydroxylation sites is 1. The van der Waals surface area contributed by atoms with E-state index in [1.807, 2.05) is 36.4 Å². The van der Waals surface area contributed by atoms with Crippen molar-refractivity contribution in [2.24, 2.45) is 0 Å². The second kappa shape index (κ2) is 7.85. The number of thiazole rings is 1. The van der Waals surface area contributed by atoms with Gasteiger partial charge in [0.05, 0.1) is 15.8 Å². The summed E-state index contributed by atoms with van der Waals surface area (Å²) in [5.41, 5.74) is 2.33. The molecule has 0 amide bonds. The smallest absolute Gasteiger partial charge is 0.416 e. The van der Waals surface area contributed by atoms with E-state index in [1.165, 1.54) is 6.07 Å². The van der Waals surface area contributed by atoms with Gasteiger partial charge in [0.2, 0.25) is 0 Å². The Morgan fingerprint density at radius 2 is 1.76 bits per heavy atom. The van der Waals surface area contributed by atoms with Crippen molar-refractivity contribution in [3.63, 3.8) is 0 Å². The zero-order valence-corrected chi connectivity index (χ0v) is 16.0. The molecular weight excluding hydrogens is 397 g/mol. The van der Waals surface area contributed by atoms with Crippen molar-refractivity contribution >= 4 is 21.6 Å². The number of nitrogens with one attached hydrogen (secondary N) is 1. The Labute approximate surface area is 169 Å². The maximum atomic E-state index is 12.8. The van der Waals surface area contributed by atoms with Gasteiger partial charge in [-0.15, -0.1) is 11.3 Å². The fourth-order valence-corrected chi connectivity index (χ4v) is 4.02. The first-order valence-corrected chi connectivity index (χ1v) is 9.76. The predicted octanol–water partition coefficient (Wildman–Crippen LogP) is 5.98. The van der Waals surface area contributed by atoms with Crippen LogP contribution in [0.2, 0.25) is 0 Å². The number of hydrogen-bond donors (Lipinski definition) is 2. The molecule has 0 saturated heterocycles. The minimum absolute atomic E-state index is 0.131. The molecule has 0 saturated carbocycles. The molecule has 0 spiro atoms. The lowest BCUT2D eigenvalue weighted by Crippen LogP contribution is -2.14. The van der Waals surface area contributed by atoms with Gasteiger partial charge in [-0.2, -0.15) is 13.2 Å². The van der Waals surface area contributed by atoms with Gasteiger partial charge in [-0.1, -0.05) is 30.3 Å². The zero-order valence-electron chi connectivity index (χ0n) is 15.2. The van der Waals surface area contributed by atoms with Crippen molar-refractivity contribution in [2.45, 2.75) is 19.3 Å². The zero-order chi connectivity index (χ0) is 20.4. The maximum absolute atomic E-state index is 12.8. The average Bonchev–Trinajstić information content (AvgIpc) is 3.13. The van der Waals surface area contributed by atoms with Crippen molar-refractivity contribution in [3.8, 4) is 16.3 Å². The second-order valence-corrected chi connectivity index (χ2v) is 7.66. The van der Waals surface area contributed by atoms with E-state index < -0.39 is 11.7 Å². The van der Waals surface area contributed by atoms with Gasteiger partial charge >= 0.3 is 6.18 Å². The largest absolute Gasteiger partial charge is 0.508 e. The van der Waals surface area contributed by atoms with Gasteiger partial charge in [-0.05, 0) is 42.0 Å². The van der Waals surface area contributed by atoms with Crippen LogP contribution in [0.4, 0.5) is 13.2 Å². The van der Waals surface area contributed by atoms with Crippen LogP contribution in [-0.2, 0) is 19.3 Å². The first-order valence-electron chi connectivity index (χ1n) is 8.95. The van der Waals surface area contributed by atoms with Crippen LogP contribution in [0.1, 0.15) is 16.7 Å². The monoisotopic (exact) mass is 414 g/mol. The Balaban J connectivity index is 1.49. The van der Waals surface area contributed by atoms with Crippen molar-refractivity contribution in [3.05, 3.63) is 83.4 Å². The molecule has 0 aliphatic rings. The van der Waals surface area contributed by atoms with Gasteiger partial charge in [0.1, 0.15) is 10.8 Å². The molecule has 2 N–H and O–H groups in total. The lowest BCUT2D eigenvalue weighted by Gasteiger charge is -2.11. The molecule has 0 fully saturated rings. The third kappa shape index (κ3) is 4.41. The summed E-state index contributed by atoms with van der Waals surface area (Å²) >= 11 is 1.57. The van der Waals surface area contributed by atoms with E-state index >= 15 is 0 Å². The number of phenolic OH excluding ortho intramolecular Hbond substituents is 1. The standard InChI is InChI=1S/C22H17F3N2OS/c23-22(24,25)17-5-3-4-14(10-17)12-26-13-16-11-15(8-9-19(16)28)21-27-18-6-1-2-7-20(18)29-21/h1-11,26,28H,12-13H2. The Kier molecular flexibility index (Phi) is 5.25. The number of halogens is 3. The highest BCUT2D eigenvalue weighted by Crippen LogP contribution is 2.32. The highest BCUT2D eigenvalue weighted by atomic mass is 32.1. The minimum Gasteiger partial charge on any atom is -0.508 e. The van der Waals surface area contributed by atoms with Crippen LogP contribution in [0.25, 0.3) is 20.8 Å². The predicted molar refractivity (Wildman–Crippen MR) is 109 cm³/mol. The quantitative estimate of drug-likeness (QED) is 0.422. The van der Waals surface area contributed by atoms with Gasteiger partial charge in [0.15, 0.2) is 0 Å². The molecule has 7 heteroatoms. The van der Waals surface area contributed by atoms with Crippen molar-refractivity contribution < 1.29 is 18.3 Å². The summed E-state index contributed by atoms with van der Waals surface area (Å²) in [5, 5.41) is 14.1. The van der Waals surface area contributed by atoms with Crippen molar-refractivity contribution in [1.29, 1.82) is 0 Å². The summed E-state index contributed by atoms with van der Waals surface area (Å²) in [5.74, 6) is 0.131. The molecular formula is C22H17F3N2OS. The summed E-state index contributed by atoms with van der Waals surface area (Å²) in [6.45, 7) is 0.579. The number of rotatable bonds is 5. The van der Waals surface area contributed by atoms with E-state index in [9.17, 15) is 18.3 Å². The van der Waals surface area contributed by atoms with Gasteiger partial charge in [-0.3, -0.25) is 0 Å². The SMILES string of the molecule is Oc1ccc(-c2nc3ccccc3s2)cc1CNCc1cccc(C(F)(F)F)c1. The second-order valence-electron chi connectivity index (χ2n) is 6.63. The van der Waals surface area contributed by atoms with Gasteiger partial charge in [0.25, 0.3) is 0 Å². The first kappa shape index (κ1) is 19.4. The summed E-state index contributed by atoms with van der Waals surface area (Å²) in [7, 11) is 0. The van der Waals surface area contributed by atoms with Crippen LogP contribution in [-0.4, -0.2) is 10.1 Å². The molecule has 0 radical (unpaired) electrons. The number of benzene rings is 3. The van der Waals surface area contributed by atoms with Crippen LogP contribution in [0.15, 0.2) is 66.7 Å². The molecule has 1 aromatic heterocycles. The highest BCUT2D eigenvalue weighted by Gasteiger charge is 2.30. The Hall–Kier alpha value is -2.90. The number of alkyl halides is 3. The van der Waals surface area contributed by atoms with Gasteiger partial charge in [0, 0.05) is 24.2 Å². The number of nitrogens with zero attached hydrogens (tertiary/aromatic N) is 1. The Morgan fingerprint density at radius 3 is 2.55 bits per heavy atom. The summed E-state index contributed by atoms with van der Waals surface area (Å²) in [6, 6.07) is 18.3. The molecule has 3 nitrogen and oxygen atoms in total. The van der Waals surface area contributed by atoms with Crippen LogP contribution in [0.5, 0.6) is 5.75 Å². The number of fused-ring (bicyclic) bond motifs is 1. The third-order valence-corrected chi connectivity index (χ3v) is 5.60. The number of hydrogen-bond acceptors (Lipinski definition) is 4. The molecule has 3 aromatic carbocycles. The number of aromatic hydroxyl groups is 1. The molecule has 148 valence electrons. The van der Waals surface area contributed by atoms with Gasteiger partial charge in [-0.25, -0.2) is 4.98 Å². The molecule has 4 aromatic rings. The molecule has 0 aliphatic heterocycles. The summed E-state index contributed by atoms with van der Waals surface area (Å²) in [4.78, 5) is 4.62. The first-order chi connectivity index (χ1) is 13.9. The summed E-state index contributed by atoms with van der Waals surface area (Å²) < 4.78 is 39.6. The average molecular weight is 414 g/mol. The van der Waals surface area contributed by atoms with Crippen molar-refractivity contribution in [2.75, 3.05) is 0 Å².